The number of likely N-dealkylation sites (N-methyl/N-ethyl adjacent to an activating group) is 1. The van der Waals surface area contributed by atoms with Crippen molar-refractivity contribution in [3.63, 3.8) is 0 Å². The first-order chi connectivity index (χ1) is 7.28. The van der Waals surface area contributed by atoms with Gasteiger partial charge < -0.3 is 20.4 Å². The molecule has 15 heavy (non-hydrogen) atoms. The number of nitrogens with one attached hydrogen (secondary N) is 1. The quantitative estimate of drug-likeness (QED) is 0.786. The first kappa shape index (κ1) is 10.5. The molecular formula is C11H19N3O. The topological polar surface area (TPSA) is 54.4 Å². The van der Waals surface area contributed by atoms with Gasteiger partial charge >= 0.3 is 0 Å². The van der Waals surface area contributed by atoms with Crippen LogP contribution < -0.4 is 11.1 Å². The van der Waals surface area contributed by atoms with Gasteiger partial charge in [0.15, 0.2) is 5.88 Å². The molecule has 0 radical (unpaired) electrons. The number of rotatable bonds is 3. The molecule has 1 aliphatic rings. The molecule has 4 heteroatoms. The molecule has 0 bridgehead atoms. The van der Waals surface area contributed by atoms with E-state index in [1.54, 1.807) is 0 Å². The highest BCUT2D eigenvalue weighted by molar-refractivity contribution is 5.33. The van der Waals surface area contributed by atoms with Gasteiger partial charge in [0.05, 0.1) is 6.54 Å². The Morgan fingerprint density at radius 2 is 2.47 bits per heavy atom. The van der Waals surface area contributed by atoms with Gasteiger partial charge in [-0.2, -0.15) is 0 Å². The van der Waals surface area contributed by atoms with Crippen LogP contribution in [0.4, 0.5) is 5.88 Å². The first-order valence-corrected chi connectivity index (χ1v) is 5.52. The number of anilines is 1. The van der Waals surface area contributed by atoms with Crippen LogP contribution in [0.2, 0.25) is 0 Å². The van der Waals surface area contributed by atoms with Crippen molar-refractivity contribution in [2.24, 2.45) is 5.73 Å². The normalized spacial score (nSPS) is 22.9. The zero-order chi connectivity index (χ0) is 10.7. The predicted octanol–water partition coefficient (Wildman–Crippen LogP) is 1.24. The Morgan fingerprint density at radius 1 is 1.60 bits per heavy atom. The third-order valence-corrected chi connectivity index (χ3v) is 2.83. The molecule has 0 saturated carbocycles. The molecule has 2 rings (SSSR count). The molecule has 1 saturated heterocycles. The summed E-state index contributed by atoms with van der Waals surface area (Å²) >= 11 is 0. The van der Waals surface area contributed by atoms with Gasteiger partial charge in [-0.1, -0.05) is 0 Å². The van der Waals surface area contributed by atoms with Crippen molar-refractivity contribution in [3.8, 4) is 0 Å². The number of nitrogens with two attached hydrogens (primary N) is 1. The van der Waals surface area contributed by atoms with Gasteiger partial charge in [-0.3, -0.25) is 0 Å². The van der Waals surface area contributed by atoms with Crippen LogP contribution in [0.1, 0.15) is 18.6 Å². The smallest absolute Gasteiger partial charge is 0.193 e. The Morgan fingerprint density at radius 3 is 3.13 bits per heavy atom. The first-order valence-electron chi connectivity index (χ1n) is 5.52. The molecule has 1 aromatic rings. The molecule has 0 aromatic carbocycles. The standard InChI is InChI=1S/C11H19N3O/c1-14-6-2-3-9(8-14)13-11-5-4-10(7-12)15-11/h4-5,9,13H,2-3,6-8,12H2,1H3. The highest BCUT2D eigenvalue weighted by atomic mass is 16.4. The minimum Gasteiger partial charge on any atom is -0.444 e. The lowest BCUT2D eigenvalue weighted by Gasteiger charge is -2.30. The van der Waals surface area contributed by atoms with Crippen LogP contribution in [0.3, 0.4) is 0 Å². The van der Waals surface area contributed by atoms with Crippen molar-refractivity contribution in [1.82, 2.24) is 4.90 Å². The third kappa shape index (κ3) is 2.73. The maximum Gasteiger partial charge on any atom is 0.193 e. The maximum absolute atomic E-state index is 5.52. The van der Waals surface area contributed by atoms with Gasteiger partial charge in [-0.05, 0) is 32.5 Å². The molecule has 1 atom stereocenters. The monoisotopic (exact) mass is 209 g/mol. The van der Waals surface area contributed by atoms with E-state index in [-0.39, 0.29) is 0 Å². The minimum atomic E-state index is 0.465. The Labute approximate surface area is 90.4 Å². The zero-order valence-corrected chi connectivity index (χ0v) is 9.20. The van der Waals surface area contributed by atoms with E-state index in [0.717, 1.165) is 18.2 Å². The van der Waals surface area contributed by atoms with Crippen molar-refractivity contribution < 1.29 is 4.42 Å². The van der Waals surface area contributed by atoms with Crippen LogP contribution in [0, 0.1) is 0 Å². The van der Waals surface area contributed by atoms with E-state index in [1.165, 1.54) is 19.4 Å². The summed E-state index contributed by atoms with van der Waals surface area (Å²) in [5.41, 5.74) is 5.49. The van der Waals surface area contributed by atoms with Gasteiger partial charge in [-0.25, -0.2) is 0 Å². The van der Waals surface area contributed by atoms with E-state index in [4.69, 9.17) is 10.2 Å². The zero-order valence-electron chi connectivity index (χ0n) is 9.20. The summed E-state index contributed by atoms with van der Waals surface area (Å²) in [5.74, 6) is 1.68. The molecule has 0 aliphatic carbocycles. The summed E-state index contributed by atoms with van der Waals surface area (Å²) < 4.78 is 5.52. The average Bonchev–Trinajstić information content (AvgIpc) is 2.65. The summed E-state index contributed by atoms with van der Waals surface area (Å²) in [7, 11) is 2.15. The van der Waals surface area contributed by atoms with Crippen LogP contribution in [-0.4, -0.2) is 31.1 Å². The molecule has 0 spiro atoms. The Kier molecular flexibility index (Phi) is 3.28. The lowest BCUT2D eigenvalue weighted by molar-refractivity contribution is 0.259. The molecule has 2 heterocycles. The van der Waals surface area contributed by atoms with Crippen LogP contribution in [0.15, 0.2) is 16.5 Å². The van der Waals surface area contributed by atoms with Crippen molar-refractivity contribution in [3.05, 3.63) is 17.9 Å². The van der Waals surface area contributed by atoms with Crippen LogP contribution in [-0.2, 0) is 6.54 Å². The summed E-state index contributed by atoms with van der Waals surface area (Å²) in [6.07, 6.45) is 2.46. The van der Waals surface area contributed by atoms with Crippen LogP contribution in [0.5, 0.6) is 0 Å². The third-order valence-electron chi connectivity index (χ3n) is 2.83. The molecule has 84 valence electrons. The van der Waals surface area contributed by atoms with Gasteiger partial charge in [0.1, 0.15) is 5.76 Å². The van der Waals surface area contributed by atoms with Crippen LogP contribution >= 0.6 is 0 Å². The van der Waals surface area contributed by atoms with E-state index in [1.807, 2.05) is 12.1 Å². The average molecular weight is 209 g/mol. The molecule has 1 fully saturated rings. The van der Waals surface area contributed by atoms with Crippen molar-refractivity contribution in [1.29, 1.82) is 0 Å². The Hall–Kier alpha value is -1.00. The highest BCUT2D eigenvalue weighted by Crippen LogP contribution is 2.17. The minimum absolute atomic E-state index is 0.465. The summed E-state index contributed by atoms with van der Waals surface area (Å²) in [6.45, 7) is 2.75. The van der Waals surface area contributed by atoms with Gasteiger partial charge in [0.25, 0.3) is 0 Å². The Bertz CT molecular complexity index is 311. The SMILES string of the molecule is CN1CCCC(Nc2ccc(CN)o2)C1. The number of furan rings is 1. The van der Waals surface area contributed by atoms with Gasteiger partial charge in [0, 0.05) is 18.7 Å². The number of piperidine rings is 1. The van der Waals surface area contributed by atoms with E-state index >= 15 is 0 Å². The van der Waals surface area contributed by atoms with Crippen molar-refractivity contribution in [2.45, 2.75) is 25.4 Å². The van der Waals surface area contributed by atoms with E-state index in [0.29, 0.717) is 12.6 Å². The van der Waals surface area contributed by atoms with Crippen molar-refractivity contribution >= 4 is 5.88 Å². The second-order valence-corrected chi connectivity index (χ2v) is 4.22. The molecule has 0 amide bonds. The molecule has 1 aliphatic heterocycles. The molecule has 1 aromatic heterocycles. The highest BCUT2D eigenvalue weighted by Gasteiger charge is 2.17. The van der Waals surface area contributed by atoms with E-state index < -0.39 is 0 Å². The largest absolute Gasteiger partial charge is 0.444 e. The number of hydrogen-bond acceptors (Lipinski definition) is 4. The van der Waals surface area contributed by atoms with Crippen molar-refractivity contribution in [2.75, 3.05) is 25.5 Å². The molecular weight excluding hydrogens is 190 g/mol. The van der Waals surface area contributed by atoms with Crippen LogP contribution in [0.25, 0.3) is 0 Å². The predicted molar refractivity (Wildman–Crippen MR) is 60.7 cm³/mol. The van der Waals surface area contributed by atoms with Gasteiger partial charge in [-0.15, -0.1) is 0 Å². The summed E-state index contributed by atoms with van der Waals surface area (Å²) in [4.78, 5) is 2.34. The van der Waals surface area contributed by atoms with E-state index in [2.05, 4.69) is 17.3 Å². The number of hydrogen-bond donors (Lipinski definition) is 2. The fourth-order valence-corrected chi connectivity index (χ4v) is 2.05. The lowest BCUT2D eigenvalue weighted by Crippen LogP contribution is -2.39. The molecule has 3 N–H and O–H groups in total. The fraction of sp³-hybridized carbons (Fsp3) is 0.636. The number of nitrogens with zero attached hydrogens (tertiary/aromatic N) is 1. The summed E-state index contributed by atoms with van der Waals surface area (Å²) in [6, 6.07) is 4.38. The Balaban J connectivity index is 1.90. The number of likely N-dealkylation sites (tertiary alicyclic amines) is 1. The lowest BCUT2D eigenvalue weighted by atomic mass is 10.1. The second kappa shape index (κ2) is 4.68. The maximum atomic E-state index is 5.52. The second-order valence-electron chi connectivity index (χ2n) is 4.22. The molecule has 1 unspecified atom stereocenters. The van der Waals surface area contributed by atoms with E-state index in [9.17, 15) is 0 Å². The fourth-order valence-electron chi connectivity index (χ4n) is 2.05. The molecule has 4 nitrogen and oxygen atoms in total. The van der Waals surface area contributed by atoms with Gasteiger partial charge in [0.2, 0.25) is 0 Å². The summed E-state index contributed by atoms with van der Waals surface area (Å²) in [5, 5.41) is 3.40.